The quantitative estimate of drug-likeness (QED) is 0.231. The van der Waals surface area contributed by atoms with Crippen LogP contribution in [0.25, 0.3) is 33.4 Å². The van der Waals surface area contributed by atoms with Gasteiger partial charge < -0.3 is 14.7 Å². The monoisotopic (exact) mass is 551 g/mol. The van der Waals surface area contributed by atoms with E-state index in [2.05, 4.69) is 81.0 Å². The Morgan fingerprint density at radius 3 is 2.68 bits per heavy atom. The second-order valence-electron chi connectivity index (χ2n) is 12.4. The Morgan fingerprint density at radius 1 is 1.12 bits per heavy atom. The van der Waals surface area contributed by atoms with Gasteiger partial charge in [0.2, 0.25) is 5.89 Å². The predicted molar refractivity (Wildman–Crippen MR) is 159 cm³/mol. The number of nitrogens with one attached hydrogen (secondary N) is 2. The number of nitrogens with zero attached hydrogens (tertiary/aromatic N) is 5. The first kappa shape index (κ1) is 26.9. The summed E-state index contributed by atoms with van der Waals surface area (Å²) in [4.78, 5) is 21.2. The third-order valence-corrected chi connectivity index (χ3v) is 7.85. The highest BCUT2D eigenvalue weighted by Crippen LogP contribution is 2.36. The third kappa shape index (κ3) is 5.16. The van der Waals surface area contributed by atoms with E-state index >= 15 is 0 Å². The fourth-order valence-corrected chi connectivity index (χ4v) is 5.57. The molecule has 0 radical (unpaired) electrons. The van der Waals surface area contributed by atoms with Crippen molar-refractivity contribution < 1.29 is 9.21 Å². The Labute approximate surface area is 239 Å². The van der Waals surface area contributed by atoms with Gasteiger partial charge in [-0.2, -0.15) is 5.10 Å². The molecule has 0 saturated carbocycles. The molecular weight excluding hydrogens is 514 g/mol. The van der Waals surface area contributed by atoms with Crippen molar-refractivity contribution in [2.45, 2.75) is 84.7 Å². The Hall–Kier alpha value is -4.27. The van der Waals surface area contributed by atoms with Crippen molar-refractivity contribution in [3.05, 3.63) is 71.3 Å². The first-order valence-electron chi connectivity index (χ1n) is 14.4. The summed E-state index contributed by atoms with van der Waals surface area (Å²) in [5, 5.41) is 17.0. The number of hydrogen-bond acceptors (Lipinski definition) is 6. The maximum atomic E-state index is 13.1. The van der Waals surface area contributed by atoms with Crippen molar-refractivity contribution >= 4 is 16.9 Å². The highest BCUT2D eigenvalue weighted by atomic mass is 16.4. The van der Waals surface area contributed by atoms with Crippen LogP contribution in [0.3, 0.4) is 0 Å². The number of benzene rings is 1. The van der Waals surface area contributed by atoms with E-state index in [1.165, 1.54) is 5.56 Å². The molecule has 0 unspecified atom stereocenters. The number of aromatic nitrogens is 6. The summed E-state index contributed by atoms with van der Waals surface area (Å²) in [5.74, 6) is 0.129. The van der Waals surface area contributed by atoms with E-state index in [0.717, 1.165) is 70.4 Å². The molecule has 4 heterocycles. The SMILES string of the molecule is Cc1nn(C(C)C)cc1-c1cc2c(-c3ccc4c(c3)CCCC[C@H]4NC(=O)c3nnc(C(C)(C)C)o3)ccnc2[nH]1. The predicted octanol–water partition coefficient (Wildman–Crippen LogP) is 6.86. The molecule has 41 heavy (non-hydrogen) atoms. The van der Waals surface area contributed by atoms with Gasteiger partial charge >= 0.3 is 11.8 Å². The van der Waals surface area contributed by atoms with Crippen LogP contribution in [-0.2, 0) is 11.8 Å². The number of aromatic amines is 1. The Bertz CT molecular complexity index is 1730. The lowest BCUT2D eigenvalue weighted by molar-refractivity contribution is 0.0896. The van der Waals surface area contributed by atoms with Gasteiger partial charge in [-0.05, 0) is 74.4 Å². The molecule has 2 N–H and O–H groups in total. The van der Waals surface area contributed by atoms with E-state index in [-0.39, 0.29) is 23.3 Å². The first-order valence-corrected chi connectivity index (χ1v) is 14.4. The molecule has 1 atom stereocenters. The molecule has 4 aromatic heterocycles. The number of fused-ring (bicyclic) bond motifs is 2. The van der Waals surface area contributed by atoms with Crippen LogP contribution in [0.2, 0.25) is 0 Å². The van der Waals surface area contributed by atoms with E-state index < -0.39 is 0 Å². The van der Waals surface area contributed by atoms with Crippen molar-refractivity contribution in [3.63, 3.8) is 0 Å². The first-order chi connectivity index (χ1) is 19.6. The summed E-state index contributed by atoms with van der Waals surface area (Å²) < 4.78 is 7.69. The molecule has 0 fully saturated rings. The van der Waals surface area contributed by atoms with Gasteiger partial charge in [-0.25, -0.2) is 4.98 Å². The summed E-state index contributed by atoms with van der Waals surface area (Å²) in [5.41, 5.74) is 8.27. The Kier molecular flexibility index (Phi) is 6.76. The van der Waals surface area contributed by atoms with Crippen LogP contribution in [0.15, 0.2) is 47.1 Å². The van der Waals surface area contributed by atoms with Crippen LogP contribution in [-0.4, -0.2) is 35.9 Å². The van der Waals surface area contributed by atoms with Gasteiger partial charge in [-0.15, -0.1) is 10.2 Å². The van der Waals surface area contributed by atoms with Crippen LogP contribution in [0.1, 0.15) is 99.4 Å². The van der Waals surface area contributed by atoms with Gasteiger partial charge in [-0.3, -0.25) is 9.48 Å². The molecule has 5 aromatic rings. The lowest BCUT2D eigenvalue weighted by Crippen LogP contribution is -2.29. The molecule has 9 heteroatoms. The van der Waals surface area contributed by atoms with E-state index in [1.54, 1.807) is 0 Å². The molecular formula is C32H37N7O2. The number of amides is 1. The zero-order valence-corrected chi connectivity index (χ0v) is 24.6. The smallest absolute Gasteiger partial charge is 0.309 e. The maximum absolute atomic E-state index is 13.1. The van der Waals surface area contributed by atoms with Crippen LogP contribution in [0, 0.1) is 6.92 Å². The molecule has 9 nitrogen and oxygen atoms in total. The summed E-state index contributed by atoms with van der Waals surface area (Å²) in [7, 11) is 0. The van der Waals surface area contributed by atoms with E-state index in [9.17, 15) is 4.79 Å². The summed E-state index contributed by atoms with van der Waals surface area (Å²) in [6.07, 6.45) is 7.87. The topological polar surface area (TPSA) is 115 Å². The molecule has 6 rings (SSSR count). The number of carbonyl (C=O) groups excluding carboxylic acids is 1. The molecule has 0 spiro atoms. The van der Waals surface area contributed by atoms with Gasteiger partial charge in [-0.1, -0.05) is 45.4 Å². The molecule has 0 aliphatic heterocycles. The van der Waals surface area contributed by atoms with Crippen molar-refractivity contribution in [3.8, 4) is 22.4 Å². The van der Waals surface area contributed by atoms with E-state index in [1.807, 2.05) is 38.6 Å². The Balaban J connectivity index is 1.31. The number of H-pyrrole nitrogens is 1. The Morgan fingerprint density at radius 2 is 1.95 bits per heavy atom. The van der Waals surface area contributed by atoms with Crippen molar-refractivity contribution in [1.29, 1.82) is 0 Å². The van der Waals surface area contributed by atoms with Gasteiger partial charge in [0.1, 0.15) is 5.65 Å². The molecule has 1 aromatic carbocycles. The number of pyridine rings is 1. The van der Waals surface area contributed by atoms with Crippen molar-refractivity contribution in [2.24, 2.45) is 0 Å². The van der Waals surface area contributed by atoms with Crippen LogP contribution in [0.5, 0.6) is 0 Å². The lowest BCUT2D eigenvalue weighted by Gasteiger charge is -2.19. The van der Waals surface area contributed by atoms with Gasteiger partial charge in [0.15, 0.2) is 0 Å². The lowest BCUT2D eigenvalue weighted by atomic mass is 9.93. The van der Waals surface area contributed by atoms with Gasteiger partial charge in [0, 0.05) is 34.8 Å². The summed E-state index contributed by atoms with van der Waals surface area (Å²) in [6, 6.07) is 11.0. The standard InChI is InChI=1S/C32H37N7O2/c1-18(2)39-17-25(19(3)38-39)27-16-24-22(13-14-33-28(24)34-27)21-11-12-23-20(15-21)9-7-8-10-26(23)35-29(40)30-36-37-31(41-30)32(4,5)6/h11-18,26H,7-10H2,1-6H3,(H,33,34)(H,35,40)/t26-/m1/s1. The molecule has 212 valence electrons. The average Bonchev–Trinajstić information content (AvgIpc) is 3.65. The van der Waals surface area contributed by atoms with Crippen molar-refractivity contribution in [2.75, 3.05) is 0 Å². The zero-order valence-electron chi connectivity index (χ0n) is 24.6. The second-order valence-corrected chi connectivity index (χ2v) is 12.4. The number of aryl methyl sites for hydroxylation is 2. The molecule has 1 aliphatic carbocycles. The highest BCUT2D eigenvalue weighted by Gasteiger charge is 2.27. The van der Waals surface area contributed by atoms with Crippen LogP contribution in [0.4, 0.5) is 0 Å². The third-order valence-electron chi connectivity index (χ3n) is 7.85. The van der Waals surface area contributed by atoms with Gasteiger partial charge in [0.05, 0.1) is 17.4 Å². The second kappa shape index (κ2) is 10.3. The normalized spacial score (nSPS) is 15.7. The zero-order chi connectivity index (χ0) is 28.9. The minimum absolute atomic E-state index is 0.00829. The fourth-order valence-electron chi connectivity index (χ4n) is 5.57. The van der Waals surface area contributed by atoms with Crippen LogP contribution >= 0.6 is 0 Å². The minimum Gasteiger partial charge on any atom is -0.416 e. The molecule has 1 aliphatic rings. The maximum Gasteiger partial charge on any atom is 0.309 e. The van der Waals surface area contributed by atoms with E-state index in [4.69, 9.17) is 4.42 Å². The molecule has 0 bridgehead atoms. The summed E-state index contributed by atoms with van der Waals surface area (Å²) >= 11 is 0. The van der Waals surface area contributed by atoms with Crippen molar-refractivity contribution in [1.82, 2.24) is 35.3 Å². The summed E-state index contributed by atoms with van der Waals surface area (Å²) in [6.45, 7) is 12.2. The minimum atomic E-state index is -0.332. The van der Waals surface area contributed by atoms with E-state index in [0.29, 0.717) is 11.9 Å². The largest absolute Gasteiger partial charge is 0.416 e. The average molecular weight is 552 g/mol. The van der Waals surface area contributed by atoms with Crippen LogP contribution < -0.4 is 5.32 Å². The number of hydrogen-bond donors (Lipinski definition) is 2. The fraction of sp³-hybridized carbons (Fsp3) is 0.406. The highest BCUT2D eigenvalue weighted by molar-refractivity contribution is 5.96. The molecule has 0 saturated heterocycles. The molecule has 1 amide bonds. The number of carbonyl (C=O) groups is 1. The van der Waals surface area contributed by atoms with Gasteiger partial charge in [0.25, 0.3) is 0 Å². The number of rotatable bonds is 5.